The molecule has 2 fully saturated rings. The molecule has 3 aliphatic rings. The summed E-state index contributed by atoms with van der Waals surface area (Å²) in [6, 6.07) is 18.4. The zero-order valence-corrected chi connectivity index (χ0v) is 33.9. The average Bonchev–Trinajstić information content (AvgIpc) is 3.76. The lowest BCUT2D eigenvalue weighted by molar-refractivity contribution is -0.137. The second kappa shape index (κ2) is 18.9. The lowest BCUT2D eigenvalue weighted by Gasteiger charge is -2.29. The highest BCUT2D eigenvalue weighted by molar-refractivity contribution is 7.80. The Morgan fingerprint density at radius 1 is 0.898 bits per heavy atom. The van der Waals surface area contributed by atoms with E-state index in [2.05, 4.69) is 15.2 Å². The number of benzene rings is 3. The highest BCUT2D eigenvalue weighted by Gasteiger charge is 2.40. The molecule has 0 spiro atoms. The van der Waals surface area contributed by atoms with Crippen LogP contribution in [0.1, 0.15) is 104 Å². The monoisotopic (exact) mass is 827 g/mol. The van der Waals surface area contributed by atoms with Gasteiger partial charge in [-0.2, -0.15) is 0 Å². The minimum atomic E-state index is -2.65. The number of imide groups is 1. The van der Waals surface area contributed by atoms with Gasteiger partial charge in [0, 0.05) is 85.6 Å². The molecule has 1 atom stereocenters. The molecule has 1 unspecified atom stereocenters. The molecule has 3 aromatic carbocycles. The van der Waals surface area contributed by atoms with Crippen LogP contribution in [0.25, 0.3) is 22.0 Å². The third-order valence-electron chi connectivity index (χ3n) is 11.6. The number of rotatable bonds is 18. The van der Waals surface area contributed by atoms with Crippen molar-refractivity contribution in [1.82, 2.24) is 14.8 Å². The van der Waals surface area contributed by atoms with Gasteiger partial charge >= 0.3 is 0 Å². The number of fused-ring (bicyclic) bond motifs is 2. The summed E-state index contributed by atoms with van der Waals surface area (Å²) >= 11 is 5.20. The first-order valence-electron chi connectivity index (χ1n) is 20.6. The van der Waals surface area contributed by atoms with Gasteiger partial charge in [-0.1, -0.05) is 55.0 Å². The highest BCUT2D eigenvalue weighted by Crippen LogP contribution is 2.42. The van der Waals surface area contributed by atoms with Crippen LogP contribution in [0.15, 0.2) is 66.9 Å². The van der Waals surface area contributed by atoms with Gasteiger partial charge in [-0.15, -0.1) is 0 Å². The number of amides is 4. The van der Waals surface area contributed by atoms with E-state index in [1.807, 2.05) is 66.9 Å². The van der Waals surface area contributed by atoms with Gasteiger partial charge in [-0.25, -0.2) is 8.78 Å². The van der Waals surface area contributed by atoms with E-state index in [0.717, 1.165) is 64.4 Å². The Bertz CT molecular complexity index is 2220. The second-order valence-electron chi connectivity index (χ2n) is 15.7. The molecule has 0 bridgehead atoms. The molecular formula is C45H51F2N5O6S. The van der Waals surface area contributed by atoms with Crippen LogP contribution in [0.5, 0.6) is 0 Å². The Kier molecular flexibility index (Phi) is 13.5. The average molecular weight is 828 g/mol. The number of aryl methyl sites for hydroxylation is 1. The van der Waals surface area contributed by atoms with Crippen LogP contribution in [-0.2, 0) is 36.8 Å². The van der Waals surface area contributed by atoms with Crippen molar-refractivity contribution in [2.75, 3.05) is 31.7 Å². The largest absolute Gasteiger partial charge is 0.389 e. The lowest BCUT2D eigenvalue weighted by Crippen LogP contribution is -2.52. The molecular weight excluding hydrogens is 777 g/mol. The number of unbranched alkanes of at least 4 members (excludes halogenated alkanes) is 2. The van der Waals surface area contributed by atoms with E-state index in [9.17, 15) is 28.0 Å². The van der Waals surface area contributed by atoms with Crippen LogP contribution in [0.4, 0.5) is 14.5 Å². The van der Waals surface area contributed by atoms with Gasteiger partial charge in [-0.3, -0.25) is 24.5 Å². The maximum atomic E-state index is 14.1. The van der Waals surface area contributed by atoms with E-state index in [4.69, 9.17) is 27.4 Å². The third kappa shape index (κ3) is 10.2. The molecule has 1 saturated carbocycles. The molecule has 1 saturated heterocycles. The molecule has 4 amide bonds. The molecule has 2 aliphatic heterocycles. The van der Waals surface area contributed by atoms with Crippen LogP contribution < -0.4 is 16.4 Å². The zero-order valence-electron chi connectivity index (χ0n) is 33.1. The van der Waals surface area contributed by atoms with Gasteiger partial charge in [-0.05, 0) is 85.9 Å². The molecule has 14 heteroatoms. The number of thiocarbonyl (C=S) groups is 1. The second-order valence-corrected chi connectivity index (χ2v) is 16.2. The van der Waals surface area contributed by atoms with Crippen LogP contribution >= 0.6 is 12.2 Å². The summed E-state index contributed by atoms with van der Waals surface area (Å²) in [5.41, 5.74) is 12.7. The van der Waals surface area contributed by atoms with Gasteiger partial charge in [0.2, 0.25) is 23.6 Å². The molecule has 11 nitrogen and oxygen atoms in total. The van der Waals surface area contributed by atoms with Crippen molar-refractivity contribution >= 4 is 57.4 Å². The van der Waals surface area contributed by atoms with Crippen LogP contribution in [-0.4, -0.2) is 76.5 Å². The van der Waals surface area contributed by atoms with Gasteiger partial charge < -0.3 is 30.0 Å². The Balaban J connectivity index is 0.804. The van der Waals surface area contributed by atoms with Crippen molar-refractivity contribution in [2.24, 2.45) is 5.73 Å². The number of hydrogen-bond acceptors (Lipinski definition) is 7. The van der Waals surface area contributed by atoms with E-state index in [0.29, 0.717) is 68.3 Å². The van der Waals surface area contributed by atoms with Crippen molar-refractivity contribution in [2.45, 2.75) is 102 Å². The highest BCUT2D eigenvalue weighted by atomic mass is 32.1. The zero-order chi connectivity index (χ0) is 41.5. The molecule has 7 rings (SSSR count). The molecule has 59 heavy (non-hydrogen) atoms. The minimum absolute atomic E-state index is 0.0919. The number of alkyl halides is 2. The Hall–Kier alpha value is -5.05. The van der Waals surface area contributed by atoms with Crippen molar-refractivity contribution in [3.63, 3.8) is 0 Å². The number of carbonyl (C=O) groups excluding carboxylic acids is 4. The fourth-order valence-corrected chi connectivity index (χ4v) is 8.57. The van der Waals surface area contributed by atoms with Crippen LogP contribution in [0, 0.1) is 0 Å². The van der Waals surface area contributed by atoms with E-state index >= 15 is 0 Å². The summed E-state index contributed by atoms with van der Waals surface area (Å²) in [6.45, 7) is 2.31. The van der Waals surface area contributed by atoms with E-state index in [1.54, 1.807) is 4.90 Å². The summed E-state index contributed by atoms with van der Waals surface area (Å²) in [5, 5.41) is 6.27. The number of nitrogens with two attached hydrogens (primary N) is 1. The summed E-state index contributed by atoms with van der Waals surface area (Å²) in [6.07, 6.45) is 7.54. The number of halogens is 2. The first kappa shape index (κ1) is 42.1. The number of piperidine rings is 1. The van der Waals surface area contributed by atoms with Crippen molar-refractivity contribution in [3.8, 4) is 11.1 Å². The number of aromatic nitrogens is 1. The van der Waals surface area contributed by atoms with Gasteiger partial charge in [0.25, 0.3) is 5.91 Å². The quantitative estimate of drug-likeness (QED) is 0.0528. The molecule has 3 heterocycles. The van der Waals surface area contributed by atoms with Crippen LogP contribution in [0.3, 0.4) is 0 Å². The number of ether oxygens (including phenoxy) is 2. The molecule has 1 aromatic heterocycles. The maximum absolute atomic E-state index is 14.1. The maximum Gasteiger partial charge on any atom is 0.255 e. The molecule has 4 aromatic rings. The lowest BCUT2D eigenvalue weighted by atomic mass is 9.92. The number of carbonyl (C=O) groups is 4. The number of anilines is 1. The minimum Gasteiger partial charge on any atom is -0.389 e. The molecule has 4 N–H and O–H groups in total. The third-order valence-corrected chi connectivity index (χ3v) is 11.9. The van der Waals surface area contributed by atoms with E-state index < -0.39 is 17.9 Å². The fraction of sp³-hybridized carbons (Fsp3) is 0.444. The van der Waals surface area contributed by atoms with Gasteiger partial charge in [0.15, 0.2) is 0 Å². The SMILES string of the molecule is NC(=S)c1cccc(-c2cn(C3CCC(F)(F)CC3)c3cc(NC(=O)CCOCCCOCCCCCc4cccc5c4CN(C4CCC(=O)NC4=O)C5=O)ccc23)c1. The Morgan fingerprint density at radius 2 is 1.66 bits per heavy atom. The Labute approximate surface area is 348 Å². The first-order chi connectivity index (χ1) is 28.5. The van der Waals surface area contributed by atoms with E-state index in [-0.39, 0.29) is 56.1 Å². The number of nitrogens with one attached hydrogen (secondary N) is 2. The first-order valence-corrected chi connectivity index (χ1v) is 21.0. The predicted molar refractivity (Wildman–Crippen MR) is 225 cm³/mol. The predicted octanol–water partition coefficient (Wildman–Crippen LogP) is 7.62. The molecule has 1 aliphatic carbocycles. The fourth-order valence-electron chi connectivity index (χ4n) is 8.44. The molecule has 312 valence electrons. The normalized spacial score (nSPS) is 18.0. The summed E-state index contributed by atoms with van der Waals surface area (Å²) in [4.78, 5) is 51.8. The smallest absolute Gasteiger partial charge is 0.255 e. The summed E-state index contributed by atoms with van der Waals surface area (Å²) < 4.78 is 41.8. The standard InChI is InChI=1S/C45H51F2N5O6S/c46-45(47)19-16-33(17-20-45)51-27-37(30-9-4-10-31(25-30)42(48)59)34-13-12-32(26-39(34)51)49-41(54)18-24-58-23-6-22-57-21-3-1-2-7-29-8-5-11-35-36(29)28-52(44(35)56)38-14-15-40(53)50-43(38)55/h4-5,8-13,25-27,33,38H,1-3,6-7,14-24,28H2,(H2,48,59)(H,49,54)(H,50,53,55). The topological polar surface area (TPSA) is 145 Å². The molecule has 0 radical (unpaired) electrons. The van der Waals surface area contributed by atoms with E-state index in [1.165, 1.54) is 0 Å². The number of hydrogen-bond donors (Lipinski definition) is 3. The summed E-state index contributed by atoms with van der Waals surface area (Å²) in [5.74, 6) is -3.68. The van der Waals surface area contributed by atoms with Crippen LogP contribution in [0.2, 0.25) is 0 Å². The Morgan fingerprint density at radius 3 is 2.44 bits per heavy atom. The van der Waals surface area contributed by atoms with Gasteiger partial charge in [0.1, 0.15) is 11.0 Å². The summed E-state index contributed by atoms with van der Waals surface area (Å²) in [7, 11) is 0. The van der Waals surface area contributed by atoms with Crippen molar-refractivity contribution < 1.29 is 37.4 Å². The van der Waals surface area contributed by atoms with Crippen molar-refractivity contribution in [3.05, 3.63) is 89.1 Å². The number of nitrogens with zero attached hydrogens (tertiary/aromatic N) is 2. The van der Waals surface area contributed by atoms with Crippen molar-refractivity contribution in [1.29, 1.82) is 0 Å². The van der Waals surface area contributed by atoms with Gasteiger partial charge in [0.05, 0.1) is 18.5 Å².